The van der Waals surface area contributed by atoms with Gasteiger partial charge in [-0.1, -0.05) is 42.8 Å². The van der Waals surface area contributed by atoms with Crippen LogP contribution in [0.3, 0.4) is 0 Å². The van der Waals surface area contributed by atoms with Crippen LogP contribution in [0.5, 0.6) is 0 Å². The van der Waals surface area contributed by atoms with E-state index in [1.165, 1.54) is 11.1 Å². The van der Waals surface area contributed by atoms with Gasteiger partial charge in [-0.3, -0.25) is 0 Å². The largest absolute Gasteiger partial charge is 0.373 e. The average molecular weight is 277 g/mol. The van der Waals surface area contributed by atoms with Crippen molar-refractivity contribution in [3.63, 3.8) is 0 Å². The van der Waals surface area contributed by atoms with Gasteiger partial charge in [0.25, 0.3) is 0 Å². The summed E-state index contributed by atoms with van der Waals surface area (Å²) in [4.78, 5) is 9.36. The second-order valence-corrected chi connectivity index (χ2v) is 5.22. The molecule has 1 aromatic heterocycles. The molecular formula is C18H19N3. The maximum Gasteiger partial charge on any atom is 0.162 e. The van der Waals surface area contributed by atoms with Gasteiger partial charge in [0.15, 0.2) is 5.82 Å². The maximum atomic E-state index is 4.70. The Balaban J connectivity index is 2.16. The molecule has 0 unspecified atom stereocenters. The van der Waals surface area contributed by atoms with Gasteiger partial charge in [0.2, 0.25) is 0 Å². The second kappa shape index (κ2) is 5.52. The van der Waals surface area contributed by atoms with Crippen molar-refractivity contribution >= 4 is 16.7 Å². The third-order valence-electron chi connectivity index (χ3n) is 3.71. The zero-order valence-electron chi connectivity index (χ0n) is 12.6. The highest BCUT2D eigenvalue weighted by Crippen LogP contribution is 2.25. The van der Waals surface area contributed by atoms with Gasteiger partial charge in [-0.05, 0) is 31.0 Å². The zero-order valence-corrected chi connectivity index (χ0v) is 12.6. The first-order valence-electron chi connectivity index (χ1n) is 7.26. The third kappa shape index (κ3) is 2.59. The van der Waals surface area contributed by atoms with Crippen molar-refractivity contribution in [2.75, 3.05) is 12.4 Å². The lowest BCUT2D eigenvalue weighted by molar-refractivity contribution is 1.14. The van der Waals surface area contributed by atoms with Gasteiger partial charge in [0, 0.05) is 18.0 Å². The summed E-state index contributed by atoms with van der Waals surface area (Å²) in [5, 5.41) is 4.24. The zero-order chi connectivity index (χ0) is 14.8. The van der Waals surface area contributed by atoms with Crippen molar-refractivity contribution < 1.29 is 0 Å². The minimum absolute atomic E-state index is 0.762. The predicted molar refractivity (Wildman–Crippen MR) is 88.6 cm³/mol. The smallest absolute Gasteiger partial charge is 0.162 e. The lowest BCUT2D eigenvalue weighted by Gasteiger charge is -2.09. The number of hydrogen-bond donors (Lipinski definition) is 1. The van der Waals surface area contributed by atoms with Crippen molar-refractivity contribution in [1.29, 1.82) is 0 Å². The molecule has 0 atom stereocenters. The molecule has 0 saturated carbocycles. The fraction of sp³-hybridized carbons (Fsp3) is 0.222. The van der Waals surface area contributed by atoms with Crippen LogP contribution in [0.25, 0.3) is 22.3 Å². The quantitative estimate of drug-likeness (QED) is 0.779. The number of aryl methyl sites for hydroxylation is 2. The highest BCUT2D eigenvalue weighted by atomic mass is 15.0. The molecule has 2 aromatic carbocycles. The Bertz CT molecular complexity index is 776. The van der Waals surface area contributed by atoms with Crippen LogP contribution in [0.1, 0.15) is 18.1 Å². The Morgan fingerprint density at radius 1 is 1.00 bits per heavy atom. The summed E-state index contributed by atoms with van der Waals surface area (Å²) >= 11 is 0. The predicted octanol–water partition coefficient (Wildman–Crippen LogP) is 4.21. The van der Waals surface area contributed by atoms with E-state index in [-0.39, 0.29) is 0 Å². The minimum Gasteiger partial charge on any atom is -0.373 e. The summed E-state index contributed by atoms with van der Waals surface area (Å²) in [5.41, 5.74) is 4.55. The Kier molecular flexibility index (Phi) is 3.57. The molecule has 0 aliphatic heterocycles. The summed E-state index contributed by atoms with van der Waals surface area (Å²) in [5.74, 6) is 1.64. The molecule has 0 saturated heterocycles. The van der Waals surface area contributed by atoms with E-state index < -0.39 is 0 Å². The molecule has 106 valence electrons. The molecule has 21 heavy (non-hydrogen) atoms. The van der Waals surface area contributed by atoms with Gasteiger partial charge < -0.3 is 5.32 Å². The van der Waals surface area contributed by atoms with Crippen LogP contribution >= 0.6 is 0 Å². The number of nitrogens with zero attached hydrogens (tertiary/aromatic N) is 2. The van der Waals surface area contributed by atoms with Crippen molar-refractivity contribution in [2.45, 2.75) is 20.3 Å². The van der Waals surface area contributed by atoms with E-state index in [9.17, 15) is 0 Å². The van der Waals surface area contributed by atoms with Gasteiger partial charge >= 0.3 is 0 Å². The molecule has 0 aliphatic rings. The molecule has 3 rings (SSSR count). The van der Waals surface area contributed by atoms with E-state index in [1.54, 1.807) is 0 Å². The van der Waals surface area contributed by atoms with E-state index in [4.69, 9.17) is 4.98 Å². The molecular weight excluding hydrogens is 258 g/mol. The van der Waals surface area contributed by atoms with Crippen LogP contribution in [0.4, 0.5) is 5.82 Å². The number of nitrogens with one attached hydrogen (secondary N) is 1. The second-order valence-electron chi connectivity index (χ2n) is 5.22. The van der Waals surface area contributed by atoms with Crippen molar-refractivity contribution in [3.8, 4) is 11.4 Å². The number of hydrogen-bond acceptors (Lipinski definition) is 3. The van der Waals surface area contributed by atoms with Crippen LogP contribution in [0.15, 0.2) is 42.5 Å². The lowest BCUT2D eigenvalue weighted by Crippen LogP contribution is -1.99. The van der Waals surface area contributed by atoms with E-state index >= 15 is 0 Å². The van der Waals surface area contributed by atoms with Crippen LogP contribution in [-0.2, 0) is 6.42 Å². The number of benzene rings is 2. The molecule has 3 aromatic rings. The van der Waals surface area contributed by atoms with Gasteiger partial charge in [0.05, 0.1) is 5.52 Å². The highest BCUT2D eigenvalue weighted by molar-refractivity contribution is 5.91. The average Bonchev–Trinajstić information content (AvgIpc) is 2.54. The SMILES string of the molecule is CCc1ccc(-c2nc(NC)c3cc(C)ccc3n2)cc1. The standard InChI is InChI=1S/C18H19N3/c1-4-13-6-8-14(9-7-13)17-20-16-10-5-12(2)11-15(16)18(19-3)21-17/h5-11H,4H2,1-3H3,(H,19,20,21). The van der Waals surface area contributed by atoms with Crippen LogP contribution in [0, 0.1) is 6.92 Å². The summed E-state index contributed by atoms with van der Waals surface area (Å²) in [6, 6.07) is 14.7. The third-order valence-corrected chi connectivity index (χ3v) is 3.71. The van der Waals surface area contributed by atoms with Crippen LogP contribution in [-0.4, -0.2) is 17.0 Å². The topological polar surface area (TPSA) is 37.8 Å². The normalized spacial score (nSPS) is 10.8. The Hall–Kier alpha value is -2.42. The van der Waals surface area contributed by atoms with E-state index in [1.807, 2.05) is 7.05 Å². The molecule has 0 radical (unpaired) electrons. The first-order valence-corrected chi connectivity index (χ1v) is 7.26. The molecule has 3 nitrogen and oxygen atoms in total. The Morgan fingerprint density at radius 2 is 1.76 bits per heavy atom. The summed E-state index contributed by atoms with van der Waals surface area (Å²) in [6.07, 6.45) is 1.04. The number of aromatic nitrogens is 2. The molecule has 1 heterocycles. The van der Waals surface area contributed by atoms with Crippen molar-refractivity contribution in [1.82, 2.24) is 9.97 Å². The summed E-state index contributed by atoms with van der Waals surface area (Å²) in [7, 11) is 1.90. The van der Waals surface area contributed by atoms with E-state index in [2.05, 4.69) is 66.6 Å². The van der Waals surface area contributed by atoms with Gasteiger partial charge in [0.1, 0.15) is 5.82 Å². The summed E-state index contributed by atoms with van der Waals surface area (Å²) in [6.45, 7) is 4.24. The Morgan fingerprint density at radius 3 is 2.43 bits per heavy atom. The molecule has 0 bridgehead atoms. The molecule has 0 spiro atoms. The molecule has 0 aliphatic carbocycles. The highest BCUT2D eigenvalue weighted by Gasteiger charge is 2.08. The molecule has 0 amide bonds. The van der Waals surface area contributed by atoms with E-state index in [0.29, 0.717) is 0 Å². The van der Waals surface area contributed by atoms with Gasteiger partial charge in [-0.2, -0.15) is 0 Å². The van der Waals surface area contributed by atoms with Gasteiger partial charge in [-0.15, -0.1) is 0 Å². The fourth-order valence-corrected chi connectivity index (χ4v) is 2.45. The van der Waals surface area contributed by atoms with Crippen LogP contribution in [0.2, 0.25) is 0 Å². The monoisotopic (exact) mass is 277 g/mol. The number of fused-ring (bicyclic) bond motifs is 1. The van der Waals surface area contributed by atoms with Gasteiger partial charge in [-0.25, -0.2) is 9.97 Å². The molecule has 1 N–H and O–H groups in total. The fourth-order valence-electron chi connectivity index (χ4n) is 2.45. The first-order chi connectivity index (χ1) is 10.2. The van der Waals surface area contributed by atoms with Crippen molar-refractivity contribution in [3.05, 3.63) is 53.6 Å². The minimum atomic E-state index is 0.762. The number of anilines is 1. The first kappa shape index (κ1) is 13.6. The van der Waals surface area contributed by atoms with Crippen molar-refractivity contribution in [2.24, 2.45) is 0 Å². The number of rotatable bonds is 3. The lowest BCUT2D eigenvalue weighted by atomic mass is 10.1. The van der Waals surface area contributed by atoms with E-state index in [0.717, 1.165) is 34.5 Å². The molecule has 3 heteroatoms. The van der Waals surface area contributed by atoms with Crippen LogP contribution < -0.4 is 5.32 Å². The molecule has 0 fully saturated rings. The Labute approximate surface area is 125 Å². The summed E-state index contributed by atoms with van der Waals surface area (Å²) < 4.78 is 0. The maximum absolute atomic E-state index is 4.70.